The summed E-state index contributed by atoms with van der Waals surface area (Å²) in [6.07, 6.45) is -0.367. The Morgan fingerprint density at radius 2 is 2.12 bits per heavy atom. The molecule has 1 rings (SSSR count). The second-order valence-electron chi connectivity index (χ2n) is 5.18. The molecular weight excluding hydrogens is 224 g/mol. The lowest BCUT2D eigenvalue weighted by Gasteiger charge is -2.34. The van der Waals surface area contributed by atoms with Crippen molar-refractivity contribution in [2.75, 3.05) is 19.6 Å². The fourth-order valence-corrected chi connectivity index (χ4v) is 1.67. The summed E-state index contributed by atoms with van der Waals surface area (Å²) in [7, 11) is 0. The summed E-state index contributed by atoms with van der Waals surface area (Å²) < 4.78 is 5.24. The number of carbonyl (C=O) groups excluding carboxylic acids is 1. The van der Waals surface area contributed by atoms with Crippen LogP contribution in [0.5, 0.6) is 0 Å². The minimum Gasteiger partial charge on any atom is -0.481 e. The highest BCUT2D eigenvalue weighted by molar-refractivity contribution is 5.69. The smallest absolute Gasteiger partial charge is 0.410 e. The van der Waals surface area contributed by atoms with Crippen LogP contribution in [0.4, 0.5) is 4.79 Å². The first kappa shape index (κ1) is 13.8. The SMILES string of the molecule is CC(C)(C)OC(=O)N1CCN[C@@H](CC(=O)O)C1. The molecule has 17 heavy (non-hydrogen) atoms. The Labute approximate surface area is 101 Å². The first-order chi connectivity index (χ1) is 7.78. The number of hydrogen-bond donors (Lipinski definition) is 2. The highest BCUT2D eigenvalue weighted by atomic mass is 16.6. The van der Waals surface area contributed by atoms with E-state index in [4.69, 9.17) is 9.84 Å². The Kier molecular flexibility index (Phi) is 4.34. The molecule has 1 fully saturated rings. The van der Waals surface area contributed by atoms with Crippen LogP contribution in [-0.2, 0) is 9.53 Å². The standard InChI is InChI=1S/C11H20N2O4/c1-11(2,3)17-10(16)13-5-4-12-8(7-13)6-9(14)15/h8,12H,4-7H2,1-3H3,(H,14,15)/t8-/m0/s1. The Bertz CT molecular complexity index is 298. The van der Waals surface area contributed by atoms with E-state index in [-0.39, 0.29) is 18.6 Å². The van der Waals surface area contributed by atoms with Crippen molar-refractivity contribution < 1.29 is 19.4 Å². The third-order valence-electron chi connectivity index (χ3n) is 2.33. The van der Waals surface area contributed by atoms with E-state index >= 15 is 0 Å². The van der Waals surface area contributed by atoms with E-state index in [9.17, 15) is 9.59 Å². The van der Waals surface area contributed by atoms with Gasteiger partial charge in [0.05, 0.1) is 6.42 Å². The van der Waals surface area contributed by atoms with Crippen LogP contribution in [0.1, 0.15) is 27.2 Å². The zero-order valence-corrected chi connectivity index (χ0v) is 10.5. The summed E-state index contributed by atoms with van der Waals surface area (Å²) in [6, 6.07) is -0.200. The molecule has 1 atom stereocenters. The van der Waals surface area contributed by atoms with Crippen molar-refractivity contribution >= 4 is 12.1 Å². The zero-order chi connectivity index (χ0) is 13.1. The van der Waals surface area contributed by atoms with Gasteiger partial charge in [0.25, 0.3) is 0 Å². The normalized spacial score (nSPS) is 21.1. The summed E-state index contributed by atoms with van der Waals surface area (Å²) in [5, 5.41) is 11.8. The van der Waals surface area contributed by atoms with E-state index in [2.05, 4.69) is 5.32 Å². The van der Waals surface area contributed by atoms with Crippen LogP contribution < -0.4 is 5.32 Å². The van der Waals surface area contributed by atoms with Crippen molar-refractivity contribution in [1.29, 1.82) is 0 Å². The first-order valence-electron chi connectivity index (χ1n) is 5.71. The first-order valence-corrected chi connectivity index (χ1v) is 5.71. The van der Waals surface area contributed by atoms with E-state index in [1.54, 1.807) is 4.90 Å². The van der Waals surface area contributed by atoms with Crippen molar-refractivity contribution in [3.8, 4) is 0 Å². The maximum atomic E-state index is 11.8. The van der Waals surface area contributed by atoms with Gasteiger partial charge in [0.1, 0.15) is 5.60 Å². The van der Waals surface area contributed by atoms with Crippen LogP contribution in [0.25, 0.3) is 0 Å². The molecule has 0 aromatic heterocycles. The number of ether oxygens (including phenoxy) is 1. The van der Waals surface area contributed by atoms with Crippen LogP contribution in [0.3, 0.4) is 0 Å². The van der Waals surface area contributed by atoms with Crippen LogP contribution in [0.15, 0.2) is 0 Å². The van der Waals surface area contributed by atoms with Gasteiger partial charge in [0.15, 0.2) is 0 Å². The summed E-state index contributed by atoms with van der Waals surface area (Å²) in [6.45, 7) is 6.94. The van der Waals surface area contributed by atoms with Crippen molar-refractivity contribution in [2.24, 2.45) is 0 Å². The number of carboxylic acids is 1. The molecule has 1 heterocycles. The summed E-state index contributed by atoms with van der Waals surface area (Å²) in [4.78, 5) is 23.9. The third-order valence-corrected chi connectivity index (χ3v) is 2.33. The Morgan fingerprint density at radius 3 is 2.65 bits per heavy atom. The topological polar surface area (TPSA) is 78.9 Å². The molecule has 0 unspecified atom stereocenters. The van der Waals surface area contributed by atoms with Gasteiger partial charge >= 0.3 is 12.1 Å². The number of piperazine rings is 1. The maximum Gasteiger partial charge on any atom is 0.410 e. The second kappa shape index (κ2) is 5.35. The molecule has 0 saturated carbocycles. The average Bonchev–Trinajstić information content (AvgIpc) is 2.14. The van der Waals surface area contributed by atoms with Gasteiger partial charge < -0.3 is 20.1 Å². The third kappa shape index (κ3) is 5.04. The number of nitrogens with one attached hydrogen (secondary N) is 1. The fraction of sp³-hybridized carbons (Fsp3) is 0.818. The number of aliphatic carboxylic acids is 1. The predicted molar refractivity (Wildman–Crippen MR) is 61.9 cm³/mol. The lowest BCUT2D eigenvalue weighted by Crippen LogP contribution is -2.54. The molecule has 98 valence electrons. The van der Waals surface area contributed by atoms with E-state index in [0.29, 0.717) is 19.6 Å². The summed E-state index contributed by atoms with van der Waals surface area (Å²) in [5.41, 5.74) is -0.524. The maximum absolute atomic E-state index is 11.8. The number of amides is 1. The van der Waals surface area contributed by atoms with Gasteiger partial charge in [-0.3, -0.25) is 4.79 Å². The molecule has 0 aromatic rings. The highest BCUT2D eigenvalue weighted by Crippen LogP contribution is 2.12. The molecule has 0 bridgehead atoms. The van der Waals surface area contributed by atoms with Crippen LogP contribution in [0, 0.1) is 0 Å². The van der Waals surface area contributed by atoms with Gasteiger partial charge in [-0.2, -0.15) is 0 Å². The fourth-order valence-electron chi connectivity index (χ4n) is 1.67. The highest BCUT2D eigenvalue weighted by Gasteiger charge is 2.28. The number of carboxylic acid groups (broad SMARTS) is 1. The molecule has 6 nitrogen and oxygen atoms in total. The van der Waals surface area contributed by atoms with Gasteiger partial charge in [0.2, 0.25) is 0 Å². The lowest BCUT2D eigenvalue weighted by molar-refractivity contribution is -0.137. The molecule has 1 aliphatic heterocycles. The van der Waals surface area contributed by atoms with E-state index < -0.39 is 11.6 Å². The van der Waals surface area contributed by atoms with Crippen molar-refractivity contribution in [3.05, 3.63) is 0 Å². The molecule has 1 aliphatic rings. The van der Waals surface area contributed by atoms with Gasteiger partial charge in [0, 0.05) is 25.7 Å². The van der Waals surface area contributed by atoms with Gasteiger partial charge in [-0.1, -0.05) is 0 Å². The van der Waals surface area contributed by atoms with Gasteiger partial charge in [-0.05, 0) is 20.8 Å². The number of rotatable bonds is 2. The van der Waals surface area contributed by atoms with Crippen molar-refractivity contribution in [2.45, 2.75) is 38.8 Å². The Balaban J connectivity index is 2.49. The monoisotopic (exact) mass is 244 g/mol. The minimum atomic E-state index is -0.867. The molecular formula is C11H20N2O4. The average molecular weight is 244 g/mol. The quantitative estimate of drug-likeness (QED) is 0.746. The Morgan fingerprint density at radius 1 is 1.47 bits per heavy atom. The molecule has 1 saturated heterocycles. The number of carbonyl (C=O) groups is 2. The second-order valence-corrected chi connectivity index (χ2v) is 5.18. The zero-order valence-electron chi connectivity index (χ0n) is 10.5. The number of hydrogen-bond acceptors (Lipinski definition) is 4. The van der Waals surface area contributed by atoms with E-state index in [1.807, 2.05) is 20.8 Å². The summed E-state index contributed by atoms with van der Waals surface area (Å²) in [5.74, 6) is -0.867. The molecule has 0 aromatic carbocycles. The molecule has 0 radical (unpaired) electrons. The van der Waals surface area contributed by atoms with Crippen LogP contribution in [-0.4, -0.2) is 53.3 Å². The molecule has 1 amide bonds. The molecule has 2 N–H and O–H groups in total. The van der Waals surface area contributed by atoms with Crippen molar-refractivity contribution in [1.82, 2.24) is 10.2 Å². The number of nitrogens with zero attached hydrogens (tertiary/aromatic N) is 1. The Hall–Kier alpha value is -1.30. The van der Waals surface area contributed by atoms with Gasteiger partial charge in [-0.15, -0.1) is 0 Å². The van der Waals surface area contributed by atoms with Crippen LogP contribution >= 0.6 is 0 Å². The summed E-state index contributed by atoms with van der Waals surface area (Å²) >= 11 is 0. The predicted octanol–water partition coefficient (Wildman–Crippen LogP) is 0.670. The molecule has 0 aliphatic carbocycles. The van der Waals surface area contributed by atoms with Crippen molar-refractivity contribution in [3.63, 3.8) is 0 Å². The van der Waals surface area contributed by atoms with Crippen LogP contribution in [0.2, 0.25) is 0 Å². The van der Waals surface area contributed by atoms with E-state index in [0.717, 1.165) is 0 Å². The van der Waals surface area contributed by atoms with E-state index in [1.165, 1.54) is 0 Å². The minimum absolute atomic E-state index is 0.0132. The van der Waals surface area contributed by atoms with Gasteiger partial charge in [-0.25, -0.2) is 4.79 Å². The largest absolute Gasteiger partial charge is 0.481 e. The molecule has 0 spiro atoms. The molecule has 6 heteroatoms. The lowest BCUT2D eigenvalue weighted by atomic mass is 10.1.